The maximum absolute atomic E-state index is 13.2. The van der Waals surface area contributed by atoms with Gasteiger partial charge in [-0.15, -0.1) is 0 Å². The largest absolute Gasteiger partial charge is 0.459 e. The van der Waals surface area contributed by atoms with E-state index >= 15 is 0 Å². The van der Waals surface area contributed by atoms with Crippen molar-refractivity contribution < 1.29 is 32.5 Å². The molecule has 174 valence electrons. The molecule has 3 atom stereocenters. The first-order chi connectivity index (χ1) is 14.9. The van der Waals surface area contributed by atoms with Crippen molar-refractivity contribution in [3.8, 4) is 0 Å². The SMILES string of the molecule is Cc1ccc(S(=O)(=O)N[C@@](C)(C(=O)OCc2ccccc2)[C@@H](O)[C@H]2COC(C)(C)O2)cc1. The number of aliphatic hydroxyl groups is 1. The third-order valence-electron chi connectivity index (χ3n) is 5.29. The molecule has 1 saturated heterocycles. The number of nitrogens with one attached hydrogen (secondary N) is 1. The Morgan fingerprint density at radius 2 is 1.84 bits per heavy atom. The van der Waals surface area contributed by atoms with E-state index in [9.17, 15) is 18.3 Å². The summed E-state index contributed by atoms with van der Waals surface area (Å²) >= 11 is 0. The highest BCUT2D eigenvalue weighted by Gasteiger charge is 2.52. The summed E-state index contributed by atoms with van der Waals surface area (Å²) < 4.78 is 45.1. The molecule has 0 bridgehead atoms. The minimum absolute atomic E-state index is 0.0119. The summed E-state index contributed by atoms with van der Waals surface area (Å²) in [6.45, 7) is 6.36. The van der Waals surface area contributed by atoms with Crippen LogP contribution in [-0.2, 0) is 35.6 Å². The first kappa shape index (κ1) is 24.3. The molecular weight excluding hydrogens is 434 g/mol. The van der Waals surface area contributed by atoms with E-state index in [0.29, 0.717) is 0 Å². The Morgan fingerprint density at radius 1 is 1.22 bits per heavy atom. The van der Waals surface area contributed by atoms with Crippen LogP contribution in [0.5, 0.6) is 0 Å². The molecule has 0 aromatic heterocycles. The fraction of sp³-hybridized carbons (Fsp3) is 0.435. The number of aryl methyl sites for hydroxylation is 1. The van der Waals surface area contributed by atoms with Gasteiger partial charge in [0, 0.05) is 0 Å². The molecule has 1 fully saturated rings. The van der Waals surface area contributed by atoms with Crippen LogP contribution in [0.1, 0.15) is 31.9 Å². The van der Waals surface area contributed by atoms with Gasteiger partial charge in [0.25, 0.3) is 0 Å². The number of carbonyl (C=O) groups excluding carboxylic acids is 1. The highest BCUT2D eigenvalue weighted by molar-refractivity contribution is 7.89. The van der Waals surface area contributed by atoms with E-state index in [0.717, 1.165) is 11.1 Å². The van der Waals surface area contributed by atoms with E-state index in [2.05, 4.69) is 4.72 Å². The maximum Gasteiger partial charge on any atom is 0.330 e. The molecule has 0 amide bonds. The Labute approximate surface area is 188 Å². The highest BCUT2D eigenvalue weighted by atomic mass is 32.2. The molecule has 8 nitrogen and oxygen atoms in total. The molecule has 0 aliphatic carbocycles. The molecule has 0 spiro atoms. The molecule has 9 heteroatoms. The number of ether oxygens (including phenoxy) is 3. The summed E-state index contributed by atoms with van der Waals surface area (Å²) in [7, 11) is -4.17. The normalized spacial score (nSPS) is 21.0. The predicted octanol–water partition coefficient (Wildman–Crippen LogP) is 2.29. The van der Waals surface area contributed by atoms with Gasteiger partial charge in [0.15, 0.2) is 11.3 Å². The second-order valence-corrected chi connectivity index (χ2v) is 10.2. The Bertz CT molecular complexity index is 1040. The van der Waals surface area contributed by atoms with E-state index in [4.69, 9.17) is 14.2 Å². The van der Waals surface area contributed by atoms with Crippen LogP contribution < -0.4 is 4.72 Å². The average Bonchev–Trinajstić information content (AvgIpc) is 3.11. The van der Waals surface area contributed by atoms with Crippen LogP contribution in [0, 0.1) is 6.92 Å². The van der Waals surface area contributed by atoms with Gasteiger partial charge >= 0.3 is 5.97 Å². The standard InChI is InChI=1S/C23H29NO7S/c1-16-10-12-18(13-11-16)32(27,28)24-23(4,20(25)19-15-30-22(2,3)31-19)21(26)29-14-17-8-6-5-7-9-17/h5-13,19-20,24-25H,14-15H2,1-4H3/t19-,20+,23-/m1/s1. The number of hydrogen-bond acceptors (Lipinski definition) is 7. The minimum Gasteiger partial charge on any atom is -0.459 e. The van der Waals surface area contributed by atoms with Crippen molar-refractivity contribution in [1.29, 1.82) is 0 Å². The summed E-state index contributed by atoms with van der Waals surface area (Å²) in [4.78, 5) is 13.1. The quantitative estimate of drug-likeness (QED) is 0.578. The Balaban J connectivity index is 1.89. The topological polar surface area (TPSA) is 111 Å². The number of esters is 1. The fourth-order valence-corrected chi connectivity index (χ4v) is 4.77. The molecule has 0 saturated carbocycles. The molecule has 3 rings (SSSR count). The molecule has 2 aromatic rings. The first-order valence-electron chi connectivity index (χ1n) is 10.2. The van der Waals surface area contributed by atoms with Gasteiger partial charge in [0.1, 0.15) is 18.8 Å². The Hall–Kier alpha value is -2.30. The fourth-order valence-electron chi connectivity index (χ4n) is 3.39. The molecule has 0 unspecified atom stereocenters. The summed E-state index contributed by atoms with van der Waals surface area (Å²) in [5.74, 6) is -1.91. The van der Waals surface area contributed by atoms with Crippen molar-refractivity contribution in [1.82, 2.24) is 4.72 Å². The lowest BCUT2D eigenvalue weighted by Gasteiger charge is -2.35. The lowest BCUT2D eigenvalue weighted by atomic mass is 9.92. The monoisotopic (exact) mass is 463 g/mol. The third kappa shape index (κ3) is 5.54. The van der Waals surface area contributed by atoms with Gasteiger partial charge in [-0.25, -0.2) is 13.2 Å². The van der Waals surface area contributed by atoms with Gasteiger partial charge in [-0.05, 0) is 45.4 Å². The zero-order valence-electron chi connectivity index (χ0n) is 18.6. The highest BCUT2D eigenvalue weighted by Crippen LogP contribution is 2.30. The molecule has 32 heavy (non-hydrogen) atoms. The van der Waals surface area contributed by atoms with Gasteiger partial charge in [-0.3, -0.25) is 0 Å². The number of carbonyl (C=O) groups is 1. The maximum atomic E-state index is 13.2. The number of hydrogen-bond donors (Lipinski definition) is 2. The van der Waals surface area contributed by atoms with Crippen LogP contribution >= 0.6 is 0 Å². The van der Waals surface area contributed by atoms with E-state index in [1.165, 1.54) is 19.1 Å². The predicted molar refractivity (Wildman–Crippen MR) is 117 cm³/mol. The third-order valence-corrected chi connectivity index (χ3v) is 6.87. The van der Waals surface area contributed by atoms with E-state index in [1.807, 2.05) is 13.0 Å². The molecular formula is C23H29NO7S. The summed E-state index contributed by atoms with van der Waals surface area (Å²) in [5, 5.41) is 11.1. The zero-order chi connectivity index (χ0) is 23.6. The lowest BCUT2D eigenvalue weighted by Crippen LogP contribution is -2.64. The molecule has 2 N–H and O–H groups in total. The molecule has 1 aliphatic rings. The second kappa shape index (κ2) is 9.29. The van der Waals surface area contributed by atoms with Crippen molar-refractivity contribution in [3.63, 3.8) is 0 Å². The second-order valence-electron chi connectivity index (χ2n) is 8.49. The first-order valence-corrected chi connectivity index (χ1v) is 11.7. The number of rotatable bonds is 8. The van der Waals surface area contributed by atoms with Crippen LogP contribution in [0.2, 0.25) is 0 Å². The van der Waals surface area contributed by atoms with Gasteiger partial charge in [-0.2, -0.15) is 4.72 Å². The Morgan fingerprint density at radius 3 is 2.41 bits per heavy atom. The molecule has 0 radical (unpaired) electrons. The average molecular weight is 464 g/mol. The lowest BCUT2D eigenvalue weighted by molar-refractivity contribution is -0.172. The van der Waals surface area contributed by atoms with Crippen molar-refractivity contribution in [2.75, 3.05) is 6.61 Å². The van der Waals surface area contributed by atoms with Crippen LogP contribution in [0.3, 0.4) is 0 Å². The Kier molecular flexibility index (Phi) is 7.06. The smallest absolute Gasteiger partial charge is 0.330 e. The van der Waals surface area contributed by atoms with Crippen LogP contribution in [-0.4, -0.2) is 49.6 Å². The van der Waals surface area contributed by atoms with Gasteiger partial charge in [0.05, 0.1) is 11.5 Å². The van der Waals surface area contributed by atoms with Gasteiger partial charge in [0.2, 0.25) is 10.0 Å². The molecule has 1 heterocycles. The van der Waals surface area contributed by atoms with E-state index in [1.54, 1.807) is 50.2 Å². The number of benzene rings is 2. The van der Waals surface area contributed by atoms with E-state index < -0.39 is 39.5 Å². The van der Waals surface area contributed by atoms with Crippen LogP contribution in [0.15, 0.2) is 59.5 Å². The number of sulfonamides is 1. The van der Waals surface area contributed by atoms with Gasteiger partial charge < -0.3 is 19.3 Å². The minimum atomic E-state index is -4.17. The van der Waals surface area contributed by atoms with Gasteiger partial charge in [-0.1, -0.05) is 48.0 Å². The van der Waals surface area contributed by atoms with E-state index in [-0.39, 0.29) is 18.1 Å². The van der Waals surface area contributed by atoms with Crippen molar-refractivity contribution in [2.45, 2.75) is 62.7 Å². The van der Waals surface area contributed by atoms with Crippen molar-refractivity contribution in [2.24, 2.45) is 0 Å². The zero-order valence-corrected chi connectivity index (χ0v) is 19.4. The van der Waals surface area contributed by atoms with Crippen LogP contribution in [0.25, 0.3) is 0 Å². The summed E-state index contributed by atoms with van der Waals surface area (Å²) in [6, 6.07) is 15.1. The number of aliphatic hydroxyl groups excluding tert-OH is 1. The van der Waals surface area contributed by atoms with Crippen molar-refractivity contribution in [3.05, 3.63) is 65.7 Å². The molecule has 2 aromatic carbocycles. The summed E-state index contributed by atoms with van der Waals surface area (Å²) in [6.07, 6.45) is -2.52. The van der Waals surface area contributed by atoms with Crippen LogP contribution in [0.4, 0.5) is 0 Å². The van der Waals surface area contributed by atoms with Crippen molar-refractivity contribution >= 4 is 16.0 Å². The summed E-state index contributed by atoms with van der Waals surface area (Å²) in [5.41, 5.74) is -0.430. The molecule has 1 aliphatic heterocycles.